The Kier molecular flexibility index (Phi) is 2.57. The zero-order valence-electron chi connectivity index (χ0n) is 10.8. The van der Waals surface area contributed by atoms with Gasteiger partial charge in [0.05, 0.1) is 12.2 Å². The molecule has 0 unspecified atom stereocenters. The van der Waals surface area contributed by atoms with Crippen molar-refractivity contribution >= 4 is 5.82 Å². The van der Waals surface area contributed by atoms with E-state index in [0.29, 0.717) is 23.4 Å². The summed E-state index contributed by atoms with van der Waals surface area (Å²) >= 11 is 0. The topological polar surface area (TPSA) is 104 Å². The van der Waals surface area contributed by atoms with Crippen LogP contribution >= 0.6 is 0 Å². The molecule has 20 heavy (non-hydrogen) atoms. The molecule has 0 spiro atoms. The molecule has 3 rings (SSSR count). The Bertz CT molecular complexity index is 749. The molecule has 0 radical (unpaired) electrons. The summed E-state index contributed by atoms with van der Waals surface area (Å²) in [6.45, 7) is 0.579. The van der Waals surface area contributed by atoms with Gasteiger partial charge in [0.2, 0.25) is 0 Å². The van der Waals surface area contributed by atoms with E-state index >= 15 is 0 Å². The van der Waals surface area contributed by atoms with E-state index in [0.717, 1.165) is 5.69 Å². The molecule has 0 bridgehead atoms. The van der Waals surface area contributed by atoms with E-state index < -0.39 is 0 Å². The molecular formula is C13H12N6O. The van der Waals surface area contributed by atoms with Gasteiger partial charge in [-0.2, -0.15) is 10.4 Å². The molecule has 0 atom stereocenters. The number of aryl methyl sites for hydroxylation is 1. The molecule has 3 heterocycles. The molecule has 0 saturated heterocycles. The van der Waals surface area contributed by atoms with Gasteiger partial charge in [-0.1, -0.05) is 0 Å². The Morgan fingerprint density at radius 1 is 1.45 bits per heavy atom. The lowest BCUT2D eigenvalue weighted by molar-refractivity contribution is 0.476. The van der Waals surface area contributed by atoms with Crippen LogP contribution < -0.4 is 5.73 Å². The molecule has 7 nitrogen and oxygen atoms in total. The number of nitrogens with two attached hydrogens (primary N) is 1. The van der Waals surface area contributed by atoms with Gasteiger partial charge < -0.3 is 15.7 Å². The summed E-state index contributed by atoms with van der Waals surface area (Å²) in [4.78, 5) is 5.88. The average Bonchev–Trinajstić information content (AvgIpc) is 3.16. The molecule has 0 fully saturated rings. The Morgan fingerprint density at radius 3 is 2.80 bits per heavy atom. The van der Waals surface area contributed by atoms with E-state index in [4.69, 9.17) is 5.73 Å². The van der Waals surface area contributed by atoms with E-state index in [1.165, 1.54) is 16.9 Å². The second kappa shape index (κ2) is 4.28. The molecule has 0 aliphatic carbocycles. The van der Waals surface area contributed by atoms with Gasteiger partial charge in [0.1, 0.15) is 11.8 Å². The summed E-state index contributed by atoms with van der Waals surface area (Å²) in [6, 6.07) is 3.63. The van der Waals surface area contributed by atoms with Gasteiger partial charge in [-0.3, -0.25) is 4.68 Å². The van der Waals surface area contributed by atoms with Gasteiger partial charge in [0, 0.05) is 36.8 Å². The van der Waals surface area contributed by atoms with Crippen LogP contribution in [-0.2, 0) is 13.6 Å². The number of aromatic hydroxyl groups is 1. The number of nitrogens with zero attached hydrogens (tertiary/aromatic N) is 5. The van der Waals surface area contributed by atoms with E-state index in [1.807, 2.05) is 17.3 Å². The molecule has 2 aromatic rings. The predicted octanol–water partition coefficient (Wildman–Crippen LogP) is 0.928. The quantitative estimate of drug-likeness (QED) is 0.858. The third-order valence-electron chi connectivity index (χ3n) is 3.10. The van der Waals surface area contributed by atoms with E-state index in [1.54, 1.807) is 7.05 Å². The maximum absolute atomic E-state index is 9.70. The molecule has 100 valence electrons. The van der Waals surface area contributed by atoms with Crippen LogP contribution in [0.5, 0.6) is 5.75 Å². The standard InChI is InChI=1S/C13H12N6O/c1-18-10(5-14)12(9(17-18)7-19-2-3-19)8-4-11(20)13(15)16-6-8/h2-4,6,20H,7H2,1H3,(H2,15,16). The van der Waals surface area contributed by atoms with Crippen LogP contribution in [0.2, 0.25) is 0 Å². The number of rotatable bonds is 3. The van der Waals surface area contributed by atoms with Gasteiger partial charge in [-0.05, 0) is 6.07 Å². The highest BCUT2D eigenvalue weighted by Crippen LogP contribution is 2.32. The van der Waals surface area contributed by atoms with E-state index in [2.05, 4.69) is 16.2 Å². The second-order valence-corrected chi connectivity index (χ2v) is 4.50. The fourth-order valence-electron chi connectivity index (χ4n) is 2.05. The number of hydrogen-bond donors (Lipinski definition) is 2. The first-order valence-electron chi connectivity index (χ1n) is 5.95. The first kappa shape index (κ1) is 12.0. The molecule has 1 aliphatic heterocycles. The van der Waals surface area contributed by atoms with Crippen molar-refractivity contribution in [1.82, 2.24) is 19.7 Å². The van der Waals surface area contributed by atoms with Gasteiger partial charge in [-0.25, -0.2) is 4.98 Å². The van der Waals surface area contributed by atoms with Crippen molar-refractivity contribution in [2.75, 3.05) is 5.73 Å². The van der Waals surface area contributed by atoms with E-state index in [-0.39, 0.29) is 11.6 Å². The molecule has 7 heteroatoms. The van der Waals surface area contributed by atoms with Crippen LogP contribution in [-0.4, -0.2) is 24.8 Å². The van der Waals surface area contributed by atoms with Crippen LogP contribution in [0.3, 0.4) is 0 Å². The molecule has 0 aromatic carbocycles. The third-order valence-corrected chi connectivity index (χ3v) is 3.10. The highest BCUT2D eigenvalue weighted by Gasteiger charge is 2.21. The van der Waals surface area contributed by atoms with Gasteiger partial charge in [0.15, 0.2) is 11.6 Å². The van der Waals surface area contributed by atoms with Gasteiger partial charge in [0.25, 0.3) is 0 Å². The van der Waals surface area contributed by atoms with Crippen molar-refractivity contribution in [3.05, 3.63) is 36.1 Å². The SMILES string of the molecule is Cn1nc(CN2C=C2)c(-c2cnc(N)c(O)c2)c1C#N. The molecule has 0 amide bonds. The first-order chi connectivity index (χ1) is 9.60. The summed E-state index contributed by atoms with van der Waals surface area (Å²) in [6.07, 6.45) is 5.37. The number of nitriles is 1. The van der Waals surface area contributed by atoms with Crippen LogP contribution in [0.25, 0.3) is 11.1 Å². The Hall–Kier alpha value is -3.01. The highest BCUT2D eigenvalue weighted by atomic mass is 16.3. The fraction of sp³-hybridized carbons (Fsp3) is 0.154. The lowest BCUT2D eigenvalue weighted by atomic mass is 10.0. The maximum atomic E-state index is 9.70. The van der Waals surface area contributed by atoms with Crippen LogP contribution in [0.1, 0.15) is 11.4 Å². The van der Waals surface area contributed by atoms with Crippen LogP contribution in [0, 0.1) is 11.3 Å². The summed E-state index contributed by atoms with van der Waals surface area (Å²) < 4.78 is 1.53. The zero-order chi connectivity index (χ0) is 14.3. The Labute approximate surface area is 115 Å². The summed E-state index contributed by atoms with van der Waals surface area (Å²) in [5.41, 5.74) is 7.98. The lowest BCUT2D eigenvalue weighted by Gasteiger charge is -2.06. The minimum atomic E-state index is -0.106. The van der Waals surface area contributed by atoms with Crippen molar-refractivity contribution in [2.45, 2.75) is 6.54 Å². The Balaban J connectivity index is 2.14. The van der Waals surface area contributed by atoms with Crippen molar-refractivity contribution < 1.29 is 5.11 Å². The fourth-order valence-corrected chi connectivity index (χ4v) is 2.05. The maximum Gasteiger partial charge on any atom is 0.165 e. The molecule has 0 saturated carbocycles. The van der Waals surface area contributed by atoms with Gasteiger partial charge >= 0.3 is 0 Å². The van der Waals surface area contributed by atoms with Gasteiger partial charge in [-0.15, -0.1) is 0 Å². The molecule has 1 aliphatic rings. The van der Waals surface area contributed by atoms with Crippen LogP contribution in [0.4, 0.5) is 5.82 Å². The highest BCUT2D eigenvalue weighted by molar-refractivity contribution is 5.73. The molecular weight excluding hydrogens is 256 g/mol. The minimum Gasteiger partial charge on any atom is -0.504 e. The number of pyridine rings is 1. The predicted molar refractivity (Wildman–Crippen MR) is 71.9 cm³/mol. The molecule has 3 N–H and O–H groups in total. The normalized spacial score (nSPS) is 12.5. The average molecular weight is 268 g/mol. The number of aromatic nitrogens is 3. The Morgan fingerprint density at radius 2 is 2.20 bits per heavy atom. The monoisotopic (exact) mass is 268 g/mol. The number of hydrogen-bond acceptors (Lipinski definition) is 6. The van der Waals surface area contributed by atoms with Crippen molar-refractivity contribution in [3.63, 3.8) is 0 Å². The molecule has 2 aromatic heterocycles. The zero-order valence-corrected chi connectivity index (χ0v) is 10.8. The van der Waals surface area contributed by atoms with E-state index in [9.17, 15) is 10.4 Å². The first-order valence-corrected chi connectivity index (χ1v) is 5.95. The largest absolute Gasteiger partial charge is 0.504 e. The minimum absolute atomic E-state index is 0.0605. The summed E-state index contributed by atoms with van der Waals surface area (Å²) in [7, 11) is 1.71. The summed E-state index contributed by atoms with van der Waals surface area (Å²) in [5, 5.41) is 23.4. The smallest absolute Gasteiger partial charge is 0.165 e. The third kappa shape index (κ3) is 1.93. The lowest BCUT2D eigenvalue weighted by Crippen LogP contribution is -2.00. The van der Waals surface area contributed by atoms with Crippen molar-refractivity contribution in [1.29, 1.82) is 5.26 Å². The van der Waals surface area contributed by atoms with Crippen LogP contribution in [0.15, 0.2) is 24.7 Å². The second-order valence-electron chi connectivity index (χ2n) is 4.50. The van der Waals surface area contributed by atoms with Crippen molar-refractivity contribution in [2.24, 2.45) is 7.05 Å². The number of nitrogen functional groups attached to an aromatic ring is 1. The number of anilines is 1. The summed E-state index contributed by atoms with van der Waals surface area (Å²) in [5.74, 6) is -0.0450. The van der Waals surface area contributed by atoms with Crippen molar-refractivity contribution in [3.8, 4) is 22.9 Å².